The lowest BCUT2D eigenvalue weighted by Gasteiger charge is -2.40. The van der Waals surface area contributed by atoms with E-state index in [1.54, 1.807) is 6.07 Å². The second-order valence-electron chi connectivity index (χ2n) is 10.0. The summed E-state index contributed by atoms with van der Waals surface area (Å²) in [7, 11) is 0. The monoisotopic (exact) mass is 511 g/mol. The second kappa shape index (κ2) is 9.48. The molecule has 6 rings (SSSR count). The number of carbonyl (C=O) groups is 1. The van der Waals surface area contributed by atoms with Gasteiger partial charge in [-0.3, -0.25) is 10.2 Å². The minimum absolute atomic E-state index is 0.139. The number of hydrogen-bond donors (Lipinski definition) is 3. The lowest BCUT2D eigenvalue weighted by molar-refractivity contribution is -0.120. The molecule has 2 atom stereocenters. The average Bonchev–Trinajstić information content (AvgIpc) is 3.47. The van der Waals surface area contributed by atoms with Crippen molar-refractivity contribution in [1.29, 1.82) is 5.41 Å². The number of aromatic nitrogens is 4. The van der Waals surface area contributed by atoms with Crippen LogP contribution < -0.4 is 15.8 Å². The molecule has 9 heteroatoms. The summed E-state index contributed by atoms with van der Waals surface area (Å²) < 4.78 is 18.4. The molecular weight excluding hydrogens is 481 g/mol. The Balaban J connectivity index is 1.44. The predicted octanol–water partition coefficient (Wildman–Crippen LogP) is 4.25. The molecule has 0 bridgehead atoms. The lowest BCUT2D eigenvalue weighted by Crippen LogP contribution is -2.54. The summed E-state index contributed by atoms with van der Waals surface area (Å²) in [6, 6.07) is 18.2. The molecule has 0 spiro atoms. The van der Waals surface area contributed by atoms with E-state index in [2.05, 4.69) is 26.3 Å². The van der Waals surface area contributed by atoms with Crippen LogP contribution in [0.2, 0.25) is 0 Å². The number of aryl methyl sites for hydroxylation is 1. The highest BCUT2D eigenvalue weighted by molar-refractivity contribution is 5.83. The van der Waals surface area contributed by atoms with Gasteiger partial charge in [-0.2, -0.15) is 0 Å². The van der Waals surface area contributed by atoms with Crippen molar-refractivity contribution in [1.82, 2.24) is 24.4 Å². The summed E-state index contributed by atoms with van der Waals surface area (Å²) in [5.74, 6) is 0.372. The molecule has 2 unspecified atom stereocenters. The Morgan fingerprint density at radius 2 is 2.00 bits per heavy atom. The minimum Gasteiger partial charge on any atom is -0.361 e. The first-order valence-electron chi connectivity index (χ1n) is 12.8. The lowest BCUT2D eigenvalue weighted by atomic mass is 9.98. The van der Waals surface area contributed by atoms with Gasteiger partial charge in [0.15, 0.2) is 0 Å². The van der Waals surface area contributed by atoms with E-state index in [0.717, 1.165) is 33.5 Å². The van der Waals surface area contributed by atoms with E-state index in [9.17, 15) is 14.6 Å². The molecule has 0 aliphatic carbocycles. The van der Waals surface area contributed by atoms with Gasteiger partial charge in [-0.05, 0) is 61.4 Å². The van der Waals surface area contributed by atoms with Gasteiger partial charge >= 0.3 is 0 Å². The number of hydrogen-bond acceptors (Lipinski definition) is 4. The number of nitrogens with zero attached hydrogens (tertiary/aromatic N) is 4. The maximum absolute atomic E-state index is 14.6. The number of rotatable bonds is 5. The third kappa shape index (κ3) is 4.23. The van der Waals surface area contributed by atoms with Crippen LogP contribution >= 0.6 is 0 Å². The quantitative estimate of drug-likeness (QED) is 0.329. The van der Waals surface area contributed by atoms with Crippen LogP contribution in [0, 0.1) is 18.2 Å². The Kier molecular flexibility index (Phi) is 5.98. The fourth-order valence-electron chi connectivity index (χ4n) is 5.80. The summed E-state index contributed by atoms with van der Waals surface area (Å²) in [6.07, 6.45) is 2.58. The highest BCUT2D eigenvalue weighted by Gasteiger charge is 2.34. The number of carbonyl (C=O) groups excluding carboxylic acids is 1. The van der Waals surface area contributed by atoms with E-state index in [-0.39, 0.29) is 29.4 Å². The van der Waals surface area contributed by atoms with Crippen LogP contribution in [0.25, 0.3) is 21.9 Å². The Morgan fingerprint density at radius 1 is 1.16 bits per heavy atom. The van der Waals surface area contributed by atoms with Crippen molar-refractivity contribution < 1.29 is 9.18 Å². The van der Waals surface area contributed by atoms with Crippen molar-refractivity contribution in [3.05, 3.63) is 89.6 Å². The van der Waals surface area contributed by atoms with Gasteiger partial charge in [0.2, 0.25) is 11.5 Å². The standard InChI is InChI=1S/C29H30FN7O/c1-18-5-3-8-28(33-18)35-14-12-25(24(17-35)34-19(2)38)37-27-15-21(30)9-10-26(27)36(29(37)31)16-20-6-4-7-23-22(20)11-13-32-23/h3-11,13,15,24-25,31-32H,12,14,16-17H2,1-2H3,(H,34,38). The van der Waals surface area contributed by atoms with Crippen LogP contribution in [-0.4, -0.2) is 44.1 Å². The van der Waals surface area contributed by atoms with Crippen LogP contribution in [0.1, 0.15) is 30.6 Å². The van der Waals surface area contributed by atoms with Gasteiger partial charge in [-0.1, -0.05) is 18.2 Å². The van der Waals surface area contributed by atoms with E-state index in [4.69, 9.17) is 0 Å². The van der Waals surface area contributed by atoms with Gasteiger partial charge in [0.05, 0.1) is 29.7 Å². The van der Waals surface area contributed by atoms with Crippen molar-refractivity contribution in [2.24, 2.45) is 0 Å². The first-order valence-corrected chi connectivity index (χ1v) is 12.8. The maximum atomic E-state index is 14.6. The van der Waals surface area contributed by atoms with Crippen LogP contribution in [0.4, 0.5) is 10.2 Å². The second-order valence-corrected chi connectivity index (χ2v) is 10.0. The number of H-pyrrole nitrogens is 1. The van der Waals surface area contributed by atoms with Crippen LogP contribution in [0.3, 0.4) is 0 Å². The highest BCUT2D eigenvalue weighted by atomic mass is 19.1. The molecule has 0 saturated carbocycles. The fraction of sp³-hybridized carbons (Fsp3) is 0.276. The molecule has 3 aromatic heterocycles. The smallest absolute Gasteiger partial charge is 0.217 e. The van der Waals surface area contributed by atoms with Gasteiger partial charge in [0.1, 0.15) is 11.6 Å². The molecule has 8 nitrogen and oxygen atoms in total. The Labute approximate surface area is 219 Å². The Morgan fingerprint density at radius 3 is 2.82 bits per heavy atom. The topological polar surface area (TPSA) is 94.7 Å². The zero-order valence-electron chi connectivity index (χ0n) is 21.4. The summed E-state index contributed by atoms with van der Waals surface area (Å²) in [5, 5.41) is 13.5. The SMILES string of the molecule is CC(=O)NC1CN(c2cccc(C)n2)CCC1n1c(=N)n(Cc2cccc3[nH]ccc23)c2ccc(F)cc21. The molecule has 2 aromatic carbocycles. The Bertz CT molecular complexity index is 1720. The number of aromatic amines is 1. The number of nitrogens with one attached hydrogen (secondary N) is 3. The normalized spacial score (nSPS) is 17.8. The molecule has 4 heterocycles. The molecule has 1 amide bonds. The van der Waals surface area contributed by atoms with Crippen LogP contribution in [0.15, 0.2) is 66.9 Å². The first-order chi connectivity index (χ1) is 18.4. The van der Waals surface area contributed by atoms with Crippen molar-refractivity contribution in [2.75, 3.05) is 18.0 Å². The van der Waals surface area contributed by atoms with E-state index in [0.29, 0.717) is 31.6 Å². The number of anilines is 1. The van der Waals surface area contributed by atoms with Crippen molar-refractivity contribution >= 4 is 33.7 Å². The zero-order chi connectivity index (χ0) is 26.4. The first kappa shape index (κ1) is 24.0. The molecular formula is C29H30FN7O. The molecule has 3 N–H and O–H groups in total. The zero-order valence-corrected chi connectivity index (χ0v) is 21.4. The summed E-state index contributed by atoms with van der Waals surface area (Å²) in [4.78, 5) is 22.3. The summed E-state index contributed by atoms with van der Waals surface area (Å²) in [6.45, 7) is 5.18. The largest absolute Gasteiger partial charge is 0.361 e. The number of pyridine rings is 1. The molecule has 1 aliphatic heterocycles. The molecule has 1 fully saturated rings. The van der Waals surface area contributed by atoms with Gasteiger partial charge in [-0.15, -0.1) is 0 Å². The van der Waals surface area contributed by atoms with E-state index in [1.165, 1.54) is 19.1 Å². The van der Waals surface area contributed by atoms with Gasteiger partial charge in [0, 0.05) is 42.8 Å². The molecule has 1 aliphatic rings. The minimum atomic E-state index is -0.353. The summed E-state index contributed by atoms with van der Waals surface area (Å²) >= 11 is 0. The number of amides is 1. The van der Waals surface area contributed by atoms with Crippen molar-refractivity contribution in [2.45, 2.75) is 38.9 Å². The van der Waals surface area contributed by atoms with Crippen molar-refractivity contribution in [3.8, 4) is 0 Å². The number of fused-ring (bicyclic) bond motifs is 2. The van der Waals surface area contributed by atoms with Crippen LogP contribution in [0.5, 0.6) is 0 Å². The van der Waals surface area contributed by atoms with Gasteiger partial charge < -0.3 is 24.3 Å². The fourth-order valence-corrected chi connectivity index (χ4v) is 5.80. The van der Waals surface area contributed by atoms with Gasteiger partial charge in [-0.25, -0.2) is 9.37 Å². The molecule has 38 heavy (non-hydrogen) atoms. The van der Waals surface area contributed by atoms with Gasteiger partial charge in [0.25, 0.3) is 0 Å². The third-order valence-electron chi connectivity index (χ3n) is 7.48. The predicted molar refractivity (Wildman–Crippen MR) is 146 cm³/mol. The molecule has 1 saturated heterocycles. The number of halogens is 1. The number of imidazole rings is 1. The number of benzene rings is 2. The van der Waals surface area contributed by atoms with E-state index < -0.39 is 0 Å². The molecule has 0 radical (unpaired) electrons. The molecule has 194 valence electrons. The average molecular weight is 512 g/mol. The number of piperidine rings is 1. The summed E-state index contributed by atoms with van der Waals surface area (Å²) in [5.41, 5.74) is 4.75. The van der Waals surface area contributed by atoms with Crippen LogP contribution in [-0.2, 0) is 11.3 Å². The van der Waals surface area contributed by atoms with Crippen molar-refractivity contribution in [3.63, 3.8) is 0 Å². The Hall–Kier alpha value is -4.40. The van der Waals surface area contributed by atoms with E-state index in [1.807, 2.05) is 58.7 Å². The maximum Gasteiger partial charge on any atom is 0.217 e. The highest BCUT2D eigenvalue weighted by Crippen LogP contribution is 2.30. The molecule has 5 aromatic rings. The third-order valence-corrected chi connectivity index (χ3v) is 7.48. The van der Waals surface area contributed by atoms with E-state index >= 15 is 0 Å².